The third-order valence-electron chi connectivity index (χ3n) is 3.55. The summed E-state index contributed by atoms with van der Waals surface area (Å²) in [7, 11) is 1.51. The number of hydrogen-bond donors (Lipinski definition) is 2. The molecule has 0 spiro atoms. The predicted octanol–water partition coefficient (Wildman–Crippen LogP) is 0.256. The summed E-state index contributed by atoms with van der Waals surface area (Å²) in [5.74, 6) is -1.34. The second-order valence-electron chi connectivity index (χ2n) is 5.11. The van der Waals surface area contributed by atoms with Crippen LogP contribution in [-0.2, 0) is 11.3 Å². The molecular weight excluding hydrogens is 302 g/mol. The first-order valence-electron chi connectivity index (χ1n) is 7.09. The van der Waals surface area contributed by atoms with Crippen LogP contribution < -0.4 is 11.1 Å². The number of carbonyl (C=O) groups excluding carboxylic acids is 1. The van der Waals surface area contributed by atoms with Crippen LogP contribution >= 0.6 is 0 Å². The van der Waals surface area contributed by atoms with Crippen LogP contribution in [0, 0.1) is 0 Å². The number of rotatable bonds is 5. The number of benzene rings is 1. The van der Waals surface area contributed by atoms with Crippen molar-refractivity contribution in [3.63, 3.8) is 0 Å². The standard InChI is InChI=1S/C15H17N3O5/c1-3-18-11-5-4-9(8-10(11)16-13(21)15(18)23)14(22)17(2)7-6-12(19)20/h4-5,8H,3,6-7H2,1-2H3,(H,16,21)(H,19,20). The number of aryl methyl sites for hydroxylation is 1. The molecule has 0 atom stereocenters. The van der Waals surface area contributed by atoms with E-state index in [0.29, 0.717) is 23.1 Å². The van der Waals surface area contributed by atoms with Crippen LogP contribution in [0.1, 0.15) is 23.7 Å². The highest BCUT2D eigenvalue weighted by molar-refractivity contribution is 5.97. The molecule has 8 nitrogen and oxygen atoms in total. The van der Waals surface area contributed by atoms with Crippen molar-refractivity contribution in [3.8, 4) is 0 Å². The number of aromatic nitrogens is 2. The maximum absolute atomic E-state index is 12.3. The number of aromatic amines is 1. The minimum atomic E-state index is -0.987. The minimum absolute atomic E-state index is 0.0805. The van der Waals surface area contributed by atoms with E-state index >= 15 is 0 Å². The van der Waals surface area contributed by atoms with Crippen LogP contribution in [0.3, 0.4) is 0 Å². The first-order valence-corrected chi connectivity index (χ1v) is 7.09. The number of carboxylic acid groups (broad SMARTS) is 1. The van der Waals surface area contributed by atoms with Crippen molar-refractivity contribution >= 4 is 22.9 Å². The summed E-state index contributed by atoms with van der Waals surface area (Å²) in [5, 5.41) is 8.66. The normalized spacial score (nSPS) is 10.7. The molecule has 2 aromatic rings. The Morgan fingerprint density at radius 1 is 1.30 bits per heavy atom. The van der Waals surface area contributed by atoms with Gasteiger partial charge in [-0.15, -0.1) is 0 Å². The summed E-state index contributed by atoms with van der Waals surface area (Å²) >= 11 is 0. The Morgan fingerprint density at radius 2 is 2.00 bits per heavy atom. The largest absolute Gasteiger partial charge is 0.481 e. The molecule has 0 aliphatic rings. The van der Waals surface area contributed by atoms with Crippen molar-refractivity contribution in [1.82, 2.24) is 14.5 Å². The lowest BCUT2D eigenvalue weighted by molar-refractivity contribution is -0.137. The molecule has 0 unspecified atom stereocenters. The van der Waals surface area contributed by atoms with Gasteiger partial charge in [-0.25, -0.2) is 0 Å². The van der Waals surface area contributed by atoms with Crippen molar-refractivity contribution in [2.75, 3.05) is 13.6 Å². The summed E-state index contributed by atoms with van der Waals surface area (Å²) in [6.45, 7) is 2.17. The minimum Gasteiger partial charge on any atom is -0.481 e. The van der Waals surface area contributed by atoms with Crippen LogP contribution in [0.2, 0.25) is 0 Å². The Bertz CT molecular complexity index is 881. The molecule has 0 radical (unpaired) electrons. The Hall–Kier alpha value is -2.90. The van der Waals surface area contributed by atoms with Gasteiger partial charge in [0.1, 0.15) is 0 Å². The third kappa shape index (κ3) is 3.31. The molecular formula is C15H17N3O5. The molecule has 0 fully saturated rings. The molecule has 8 heteroatoms. The highest BCUT2D eigenvalue weighted by Gasteiger charge is 2.15. The molecule has 0 aliphatic heterocycles. The number of carboxylic acids is 1. The molecule has 1 aromatic heterocycles. The third-order valence-corrected chi connectivity index (χ3v) is 3.55. The molecule has 23 heavy (non-hydrogen) atoms. The molecule has 0 aliphatic carbocycles. The average molecular weight is 319 g/mol. The number of hydrogen-bond acceptors (Lipinski definition) is 4. The molecule has 1 heterocycles. The fourth-order valence-corrected chi connectivity index (χ4v) is 2.31. The van der Waals surface area contributed by atoms with E-state index in [4.69, 9.17) is 5.11 Å². The lowest BCUT2D eigenvalue weighted by atomic mass is 10.1. The summed E-state index contributed by atoms with van der Waals surface area (Å²) in [5.41, 5.74) is -0.168. The lowest BCUT2D eigenvalue weighted by Crippen LogP contribution is -2.36. The maximum atomic E-state index is 12.3. The Balaban J connectivity index is 2.43. The molecule has 2 N–H and O–H groups in total. The number of H-pyrrole nitrogens is 1. The molecule has 0 saturated carbocycles. The Labute approximate surface area is 131 Å². The van der Waals surface area contributed by atoms with Gasteiger partial charge in [0.25, 0.3) is 5.91 Å². The molecule has 0 saturated heterocycles. The van der Waals surface area contributed by atoms with Crippen molar-refractivity contribution in [2.24, 2.45) is 0 Å². The number of nitrogens with zero attached hydrogens (tertiary/aromatic N) is 2. The van der Waals surface area contributed by atoms with Crippen molar-refractivity contribution in [2.45, 2.75) is 19.9 Å². The molecule has 1 amide bonds. The Morgan fingerprint density at radius 3 is 2.61 bits per heavy atom. The molecule has 0 bridgehead atoms. The monoisotopic (exact) mass is 319 g/mol. The summed E-state index contributed by atoms with van der Waals surface area (Å²) in [4.78, 5) is 50.0. The maximum Gasteiger partial charge on any atom is 0.316 e. The fourth-order valence-electron chi connectivity index (χ4n) is 2.31. The number of carbonyl (C=O) groups is 2. The predicted molar refractivity (Wildman–Crippen MR) is 83.7 cm³/mol. The van der Waals surface area contributed by atoms with Crippen molar-refractivity contribution in [1.29, 1.82) is 0 Å². The van der Waals surface area contributed by atoms with E-state index in [-0.39, 0.29) is 18.9 Å². The van der Waals surface area contributed by atoms with E-state index in [1.54, 1.807) is 19.1 Å². The number of amides is 1. The SMILES string of the molecule is CCn1c(=O)c(=O)[nH]c2cc(C(=O)N(C)CCC(=O)O)ccc21. The first-order chi connectivity index (χ1) is 10.8. The topological polar surface area (TPSA) is 112 Å². The van der Waals surface area contributed by atoms with Crippen molar-refractivity contribution in [3.05, 3.63) is 44.5 Å². The van der Waals surface area contributed by atoms with E-state index in [9.17, 15) is 19.2 Å². The van der Waals surface area contributed by atoms with Gasteiger partial charge in [0, 0.05) is 25.7 Å². The zero-order valence-electron chi connectivity index (χ0n) is 12.8. The van der Waals surface area contributed by atoms with Crippen LogP contribution in [0.4, 0.5) is 0 Å². The van der Waals surface area contributed by atoms with Gasteiger partial charge in [0.15, 0.2) is 0 Å². The second-order valence-corrected chi connectivity index (χ2v) is 5.11. The van der Waals surface area contributed by atoms with E-state index in [0.717, 1.165) is 0 Å². The van der Waals surface area contributed by atoms with E-state index in [1.165, 1.54) is 22.6 Å². The van der Waals surface area contributed by atoms with Crippen LogP contribution in [0.15, 0.2) is 27.8 Å². The summed E-state index contributed by atoms with van der Waals surface area (Å²) < 4.78 is 1.33. The lowest BCUT2D eigenvalue weighted by Gasteiger charge is -2.16. The zero-order chi connectivity index (χ0) is 17.1. The summed E-state index contributed by atoms with van der Waals surface area (Å²) in [6, 6.07) is 4.63. The van der Waals surface area contributed by atoms with Gasteiger partial charge in [0.05, 0.1) is 17.5 Å². The van der Waals surface area contributed by atoms with Crippen LogP contribution in [-0.4, -0.2) is 45.0 Å². The number of fused-ring (bicyclic) bond motifs is 1. The Kier molecular flexibility index (Phi) is 4.63. The van der Waals surface area contributed by atoms with Gasteiger partial charge < -0.3 is 19.6 Å². The van der Waals surface area contributed by atoms with Gasteiger partial charge in [-0.2, -0.15) is 0 Å². The van der Waals surface area contributed by atoms with E-state index in [1.807, 2.05) is 0 Å². The smallest absolute Gasteiger partial charge is 0.316 e. The van der Waals surface area contributed by atoms with Gasteiger partial charge in [-0.1, -0.05) is 0 Å². The van der Waals surface area contributed by atoms with E-state index < -0.39 is 17.1 Å². The second kappa shape index (κ2) is 6.47. The summed E-state index contributed by atoms with van der Waals surface area (Å²) in [6.07, 6.45) is -0.151. The fraction of sp³-hybridized carbons (Fsp3) is 0.333. The van der Waals surface area contributed by atoms with Gasteiger partial charge in [-0.05, 0) is 25.1 Å². The average Bonchev–Trinajstić information content (AvgIpc) is 2.52. The van der Waals surface area contributed by atoms with Crippen LogP contribution in [0.5, 0.6) is 0 Å². The van der Waals surface area contributed by atoms with Gasteiger partial charge in [-0.3, -0.25) is 19.2 Å². The van der Waals surface area contributed by atoms with Gasteiger partial charge >= 0.3 is 17.1 Å². The molecule has 1 aromatic carbocycles. The first kappa shape index (κ1) is 16.5. The van der Waals surface area contributed by atoms with Gasteiger partial charge in [0.2, 0.25) is 0 Å². The highest BCUT2D eigenvalue weighted by atomic mass is 16.4. The van der Waals surface area contributed by atoms with Crippen molar-refractivity contribution < 1.29 is 14.7 Å². The quantitative estimate of drug-likeness (QED) is 0.767. The number of nitrogens with one attached hydrogen (secondary N) is 1. The zero-order valence-corrected chi connectivity index (χ0v) is 12.8. The highest BCUT2D eigenvalue weighted by Crippen LogP contribution is 2.13. The molecule has 2 rings (SSSR count). The number of aliphatic carboxylic acids is 1. The molecule has 122 valence electrons. The van der Waals surface area contributed by atoms with E-state index in [2.05, 4.69) is 4.98 Å². The van der Waals surface area contributed by atoms with Crippen LogP contribution in [0.25, 0.3) is 11.0 Å².